The molecule has 0 bridgehead atoms. The third kappa shape index (κ3) is 2.57. The molecule has 2 atom stereocenters. The number of carbonyl (C=O) groups excluding carboxylic acids is 1. The number of aryl methyl sites for hydroxylation is 1. The Balaban J connectivity index is 1.44. The average Bonchev–Trinajstić information content (AvgIpc) is 2.88. The minimum atomic E-state index is -0.816. The van der Waals surface area contributed by atoms with Crippen molar-refractivity contribution in [1.82, 2.24) is 4.90 Å². The first-order chi connectivity index (χ1) is 9.54. The van der Waals surface area contributed by atoms with Crippen LogP contribution in [0, 0.1) is 11.8 Å². The molecule has 5 nitrogen and oxygen atoms in total. The predicted molar refractivity (Wildman–Crippen MR) is 71.3 cm³/mol. The lowest BCUT2D eigenvalue weighted by Gasteiger charge is -2.36. The number of carboxylic acid groups (broad SMARTS) is 1. The van der Waals surface area contributed by atoms with Gasteiger partial charge in [0.05, 0.1) is 5.92 Å². The van der Waals surface area contributed by atoms with Crippen molar-refractivity contribution < 1.29 is 19.1 Å². The van der Waals surface area contributed by atoms with E-state index in [-0.39, 0.29) is 11.8 Å². The summed E-state index contributed by atoms with van der Waals surface area (Å²) in [7, 11) is 0. The fourth-order valence-corrected chi connectivity index (χ4v) is 2.67. The number of hydrogen-bond donors (Lipinski definition) is 1. The van der Waals surface area contributed by atoms with Gasteiger partial charge in [0.25, 0.3) is 0 Å². The van der Waals surface area contributed by atoms with Crippen LogP contribution in [0.5, 0.6) is 0 Å². The van der Waals surface area contributed by atoms with Crippen molar-refractivity contribution in [2.75, 3.05) is 13.1 Å². The Bertz CT molecular complexity index is 530. The molecule has 5 heteroatoms. The van der Waals surface area contributed by atoms with Gasteiger partial charge < -0.3 is 14.4 Å². The van der Waals surface area contributed by atoms with Gasteiger partial charge in [-0.15, -0.1) is 0 Å². The molecule has 1 aliphatic carbocycles. The number of furan rings is 1. The van der Waals surface area contributed by atoms with E-state index in [4.69, 9.17) is 9.52 Å². The van der Waals surface area contributed by atoms with Gasteiger partial charge in [0.2, 0.25) is 5.91 Å². The zero-order valence-corrected chi connectivity index (χ0v) is 11.5. The largest absolute Gasteiger partial charge is 0.481 e. The number of nitrogens with zero attached hydrogens (tertiary/aromatic N) is 1. The Morgan fingerprint density at radius 1 is 1.40 bits per heavy atom. The topological polar surface area (TPSA) is 70.8 Å². The molecule has 108 valence electrons. The number of carboxylic acids is 1. The predicted octanol–water partition coefficient (Wildman–Crippen LogP) is 1.88. The minimum Gasteiger partial charge on any atom is -0.481 e. The third-order valence-corrected chi connectivity index (χ3v) is 4.33. The lowest BCUT2D eigenvalue weighted by Crippen LogP contribution is -2.53. The maximum Gasteiger partial charge on any atom is 0.310 e. The van der Waals surface area contributed by atoms with Crippen LogP contribution in [-0.4, -0.2) is 35.0 Å². The monoisotopic (exact) mass is 277 g/mol. The third-order valence-electron chi connectivity index (χ3n) is 4.33. The van der Waals surface area contributed by atoms with Gasteiger partial charge in [-0.05, 0) is 24.5 Å². The van der Waals surface area contributed by atoms with Crippen LogP contribution in [0.3, 0.4) is 0 Å². The Morgan fingerprint density at radius 2 is 2.10 bits per heavy atom. The molecular weight excluding hydrogens is 258 g/mol. The molecule has 1 saturated carbocycles. The number of amides is 1. The second kappa shape index (κ2) is 4.96. The molecule has 1 aliphatic heterocycles. The van der Waals surface area contributed by atoms with Gasteiger partial charge in [-0.1, -0.05) is 6.92 Å². The molecule has 1 amide bonds. The molecule has 2 aliphatic rings. The van der Waals surface area contributed by atoms with Gasteiger partial charge in [0.1, 0.15) is 11.5 Å². The van der Waals surface area contributed by atoms with Crippen LogP contribution in [0.2, 0.25) is 0 Å². The highest BCUT2D eigenvalue weighted by Crippen LogP contribution is 2.47. The molecule has 2 heterocycles. The van der Waals surface area contributed by atoms with Gasteiger partial charge in [-0.3, -0.25) is 9.59 Å². The first kappa shape index (κ1) is 13.2. The van der Waals surface area contributed by atoms with Crippen LogP contribution >= 0.6 is 0 Å². The smallest absolute Gasteiger partial charge is 0.310 e. The lowest BCUT2D eigenvalue weighted by molar-refractivity contribution is -0.152. The lowest BCUT2D eigenvalue weighted by atomic mass is 10.00. The van der Waals surface area contributed by atoms with E-state index in [1.807, 2.05) is 12.1 Å². The molecule has 1 aromatic heterocycles. The zero-order valence-electron chi connectivity index (χ0n) is 11.5. The maximum atomic E-state index is 11.9. The summed E-state index contributed by atoms with van der Waals surface area (Å²) >= 11 is 0. The second-order valence-electron chi connectivity index (χ2n) is 5.96. The van der Waals surface area contributed by atoms with E-state index in [1.54, 1.807) is 4.90 Å². The normalized spacial score (nSPS) is 25.4. The minimum absolute atomic E-state index is 0.0141. The maximum absolute atomic E-state index is 11.9. The fraction of sp³-hybridized carbons (Fsp3) is 0.600. The highest BCUT2D eigenvalue weighted by molar-refractivity contribution is 5.81. The fourth-order valence-electron chi connectivity index (χ4n) is 2.67. The van der Waals surface area contributed by atoms with Gasteiger partial charge in [0, 0.05) is 31.8 Å². The van der Waals surface area contributed by atoms with Gasteiger partial charge in [-0.25, -0.2) is 0 Å². The van der Waals surface area contributed by atoms with Gasteiger partial charge in [0.15, 0.2) is 0 Å². The molecule has 2 unspecified atom stereocenters. The molecule has 1 saturated heterocycles. The van der Waals surface area contributed by atoms with Crippen molar-refractivity contribution in [1.29, 1.82) is 0 Å². The number of aliphatic carboxylic acids is 1. The number of likely N-dealkylation sites (tertiary alicyclic amines) is 1. The number of rotatable bonds is 5. The van der Waals surface area contributed by atoms with Crippen LogP contribution < -0.4 is 0 Å². The molecule has 3 rings (SSSR count). The molecule has 1 N–H and O–H groups in total. The Labute approximate surface area is 117 Å². The summed E-state index contributed by atoms with van der Waals surface area (Å²) in [5.41, 5.74) is 0. The first-order valence-electron chi connectivity index (χ1n) is 7.13. The van der Waals surface area contributed by atoms with E-state index < -0.39 is 5.97 Å². The van der Waals surface area contributed by atoms with E-state index in [2.05, 4.69) is 6.92 Å². The number of hydrogen-bond acceptors (Lipinski definition) is 3. The van der Waals surface area contributed by atoms with Crippen LogP contribution in [0.1, 0.15) is 37.2 Å². The Hall–Kier alpha value is -1.78. The van der Waals surface area contributed by atoms with Crippen LogP contribution in [0.25, 0.3) is 0 Å². The van der Waals surface area contributed by atoms with E-state index in [1.165, 1.54) is 6.42 Å². The van der Waals surface area contributed by atoms with Gasteiger partial charge >= 0.3 is 5.97 Å². The van der Waals surface area contributed by atoms with Crippen molar-refractivity contribution in [3.63, 3.8) is 0 Å². The summed E-state index contributed by atoms with van der Waals surface area (Å²) in [5.74, 6) is 1.97. The summed E-state index contributed by atoms with van der Waals surface area (Å²) in [6.45, 7) is 2.90. The molecule has 0 spiro atoms. The highest BCUT2D eigenvalue weighted by atomic mass is 16.4. The van der Waals surface area contributed by atoms with Crippen LogP contribution in [0.15, 0.2) is 16.5 Å². The van der Waals surface area contributed by atoms with E-state index in [0.29, 0.717) is 37.8 Å². The van der Waals surface area contributed by atoms with E-state index in [9.17, 15) is 9.59 Å². The molecule has 0 aromatic carbocycles. The summed E-state index contributed by atoms with van der Waals surface area (Å²) in [6.07, 6.45) is 2.17. The summed E-state index contributed by atoms with van der Waals surface area (Å²) in [5, 5.41) is 8.77. The van der Waals surface area contributed by atoms with E-state index in [0.717, 1.165) is 11.5 Å². The molecule has 2 fully saturated rings. The molecule has 0 radical (unpaired) electrons. The molecular formula is C15H19NO4. The van der Waals surface area contributed by atoms with Gasteiger partial charge in [-0.2, -0.15) is 0 Å². The van der Waals surface area contributed by atoms with Crippen molar-refractivity contribution in [3.8, 4) is 0 Å². The zero-order chi connectivity index (χ0) is 14.3. The van der Waals surface area contributed by atoms with Crippen molar-refractivity contribution in [2.24, 2.45) is 11.8 Å². The Morgan fingerprint density at radius 3 is 2.70 bits per heavy atom. The molecule has 1 aromatic rings. The summed E-state index contributed by atoms with van der Waals surface area (Å²) < 4.78 is 5.75. The Kier molecular flexibility index (Phi) is 3.28. The average molecular weight is 277 g/mol. The second-order valence-corrected chi connectivity index (χ2v) is 5.96. The summed E-state index contributed by atoms with van der Waals surface area (Å²) in [6, 6.07) is 3.96. The van der Waals surface area contributed by atoms with Crippen molar-refractivity contribution >= 4 is 11.9 Å². The molecule has 20 heavy (non-hydrogen) atoms. The van der Waals surface area contributed by atoms with Crippen molar-refractivity contribution in [2.45, 2.75) is 32.1 Å². The quantitative estimate of drug-likeness (QED) is 0.892. The SMILES string of the molecule is CC1CC1c1ccc(CCC(=O)N2CC(C(=O)O)C2)o1. The first-order valence-corrected chi connectivity index (χ1v) is 7.13. The highest BCUT2D eigenvalue weighted by Gasteiger charge is 2.37. The van der Waals surface area contributed by atoms with Crippen LogP contribution in [-0.2, 0) is 16.0 Å². The summed E-state index contributed by atoms with van der Waals surface area (Å²) in [4.78, 5) is 24.1. The standard InChI is InChI=1S/C15H19NO4/c1-9-6-12(9)13-4-2-11(20-13)3-5-14(17)16-7-10(8-16)15(18)19/h2,4,9-10,12H,3,5-8H2,1H3,(H,18,19). The van der Waals surface area contributed by atoms with Crippen molar-refractivity contribution in [3.05, 3.63) is 23.7 Å². The van der Waals surface area contributed by atoms with Crippen LogP contribution in [0.4, 0.5) is 0 Å². The number of carbonyl (C=O) groups is 2. The van der Waals surface area contributed by atoms with E-state index >= 15 is 0 Å².